The number of aryl methyl sites for hydroxylation is 1. The summed E-state index contributed by atoms with van der Waals surface area (Å²) in [5, 5.41) is 0. The SMILES string of the molecule is CCCOc1cc(CC)ccc1OCC. The van der Waals surface area contributed by atoms with Crippen molar-refractivity contribution >= 4 is 0 Å². The summed E-state index contributed by atoms with van der Waals surface area (Å²) in [5.41, 5.74) is 1.28. The summed E-state index contributed by atoms with van der Waals surface area (Å²) < 4.78 is 11.2. The van der Waals surface area contributed by atoms with Gasteiger partial charge in [0, 0.05) is 0 Å². The van der Waals surface area contributed by atoms with E-state index in [4.69, 9.17) is 9.47 Å². The molecule has 0 saturated heterocycles. The molecule has 15 heavy (non-hydrogen) atoms. The van der Waals surface area contributed by atoms with Crippen molar-refractivity contribution in [2.75, 3.05) is 13.2 Å². The number of hydrogen-bond donors (Lipinski definition) is 0. The van der Waals surface area contributed by atoms with Crippen LogP contribution >= 0.6 is 0 Å². The first kappa shape index (κ1) is 11.9. The van der Waals surface area contributed by atoms with Gasteiger partial charge in [-0.2, -0.15) is 0 Å². The third kappa shape index (κ3) is 3.46. The normalized spacial score (nSPS) is 10.1. The van der Waals surface area contributed by atoms with E-state index in [2.05, 4.69) is 26.0 Å². The van der Waals surface area contributed by atoms with E-state index in [1.54, 1.807) is 0 Å². The minimum atomic E-state index is 0.675. The van der Waals surface area contributed by atoms with E-state index in [0.717, 1.165) is 30.9 Å². The topological polar surface area (TPSA) is 18.5 Å². The lowest BCUT2D eigenvalue weighted by Crippen LogP contribution is -2.00. The predicted molar refractivity (Wildman–Crippen MR) is 62.8 cm³/mol. The van der Waals surface area contributed by atoms with Crippen molar-refractivity contribution in [1.82, 2.24) is 0 Å². The Labute approximate surface area is 92.2 Å². The first-order valence-electron chi connectivity index (χ1n) is 5.70. The lowest BCUT2D eigenvalue weighted by atomic mass is 10.1. The average Bonchev–Trinajstić information content (AvgIpc) is 2.28. The van der Waals surface area contributed by atoms with E-state index in [1.165, 1.54) is 5.56 Å². The summed E-state index contributed by atoms with van der Waals surface area (Å²) in [6, 6.07) is 6.15. The van der Waals surface area contributed by atoms with Crippen molar-refractivity contribution in [3.8, 4) is 11.5 Å². The average molecular weight is 208 g/mol. The van der Waals surface area contributed by atoms with Crippen LogP contribution in [0.5, 0.6) is 11.5 Å². The van der Waals surface area contributed by atoms with Gasteiger partial charge in [-0.25, -0.2) is 0 Å². The fraction of sp³-hybridized carbons (Fsp3) is 0.538. The molecule has 0 aromatic heterocycles. The number of ether oxygens (including phenoxy) is 2. The molecule has 0 atom stereocenters. The van der Waals surface area contributed by atoms with Crippen LogP contribution in [0.3, 0.4) is 0 Å². The molecule has 0 aliphatic carbocycles. The van der Waals surface area contributed by atoms with Crippen LogP contribution in [0.25, 0.3) is 0 Å². The smallest absolute Gasteiger partial charge is 0.161 e. The Morgan fingerprint density at radius 3 is 2.40 bits per heavy atom. The van der Waals surface area contributed by atoms with Gasteiger partial charge in [-0.15, -0.1) is 0 Å². The second-order valence-corrected chi connectivity index (χ2v) is 3.42. The highest BCUT2D eigenvalue weighted by atomic mass is 16.5. The Balaban J connectivity index is 2.83. The molecule has 0 bridgehead atoms. The van der Waals surface area contributed by atoms with Crippen LogP contribution in [0.2, 0.25) is 0 Å². The third-order valence-corrected chi connectivity index (χ3v) is 2.18. The molecule has 0 unspecified atom stereocenters. The van der Waals surface area contributed by atoms with Crippen LogP contribution in [-0.2, 0) is 6.42 Å². The summed E-state index contributed by atoms with van der Waals surface area (Å²) >= 11 is 0. The molecule has 0 fully saturated rings. The zero-order valence-corrected chi connectivity index (χ0v) is 9.88. The Morgan fingerprint density at radius 1 is 1.00 bits per heavy atom. The molecule has 1 aromatic rings. The summed E-state index contributed by atoms with van der Waals surface area (Å²) in [7, 11) is 0. The van der Waals surface area contributed by atoms with Crippen molar-refractivity contribution in [2.45, 2.75) is 33.6 Å². The molecule has 0 N–H and O–H groups in total. The highest BCUT2D eigenvalue weighted by Crippen LogP contribution is 2.28. The minimum absolute atomic E-state index is 0.675. The van der Waals surface area contributed by atoms with Gasteiger partial charge in [-0.1, -0.05) is 19.9 Å². The largest absolute Gasteiger partial charge is 0.490 e. The standard InChI is InChI=1S/C13H20O2/c1-4-9-15-13-10-11(5-2)7-8-12(13)14-6-3/h7-8,10H,4-6,9H2,1-3H3. The molecule has 0 heterocycles. The second kappa shape index (κ2) is 6.33. The van der Waals surface area contributed by atoms with Crippen molar-refractivity contribution < 1.29 is 9.47 Å². The Hall–Kier alpha value is -1.18. The molecule has 84 valence electrons. The summed E-state index contributed by atoms with van der Waals surface area (Å²) in [5.74, 6) is 1.72. The zero-order valence-electron chi connectivity index (χ0n) is 9.88. The summed E-state index contributed by atoms with van der Waals surface area (Å²) in [6.07, 6.45) is 2.04. The van der Waals surface area contributed by atoms with Crippen molar-refractivity contribution in [1.29, 1.82) is 0 Å². The van der Waals surface area contributed by atoms with E-state index in [9.17, 15) is 0 Å². The van der Waals surface area contributed by atoms with E-state index < -0.39 is 0 Å². The second-order valence-electron chi connectivity index (χ2n) is 3.42. The Kier molecular flexibility index (Phi) is 5.02. The van der Waals surface area contributed by atoms with Gasteiger partial charge < -0.3 is 9.47 Å². The molecular weight excluding hydrogens is 188 g/mol. The van der Waals surface area contributed by atoms with Gasteiger partial charge in [-0.05, 0) is 37.5 Å². The fourth-order valence-corrected chi connectivity index (χ4v) is 1.37. The van der Waals surface area contributed by atoms with Crippen molar-refractivity contribution in [2.24, 2.45) is 0 Å². The zero-order chi connectivity index (χ0) is 11.1. The van der Waals surface area contributed by atoms with E-state index in [1.807, 2.05) is 13.0 Å². The monoisotopic (exact) mass is 208 g/mol. The number of hydrogen-bond acceptors (Lipinski definition) is 2. The molecule has 0 radical (unpaired) electrons. The summed E-state index contributed by atoms with van der Waals surface area (Å²) in [4.78, 5) is 0. The van der Waals surface area contributed by atoms with Crippen LogP contribution in [0.15, 0.2) is 18.2 Å². The maximum absolute atomic E-state index is 5.66. The van der Waals surface area contributed by atoms with E-state index in [-0.39, 0.29) is 0 Å². The maximum Gasteiger partial charge on any atom is 0.161 e. The van der Waals surface area contributed by atoms with Crippen LogP contribution < -0.4 is 9.47 Å². The lowest BCUT2D eigenvalue weighted by molar-refractivity contribution is 0.276. The Bertz CT molecular complexity index is 295. The summed E-state index contributed by atoms with van der Waals surface area (Å²) in [6.45, 7) is 7.64. The first-order valence-corrected chi connectivity index (χ1v) is 5.70. The predicted octanol–water partition coefficient (Wildman–Crippen LogP) is 3.44. The Morgan fingerprint density at radius 2 is 1.80 bits per heavy atom. The van der Waals surface area contributed by atoms with Crippen LogP contribution in [0.4, 0.5) is 0 Å². The van der Waals surface area contributed by atoms with Gasteiger partial charge in [-0.3, -0.25) is 0 Å². The first-order chi connectivity index (χ1) is 7.31. The molecule has 2 nitrogen and oxygen atoms in total. The van der Waals surface area contributed by atoms with Gasteiger partial charge in [0.25, 0.3) is 0 Å². The molecule has 1 aromatic carbocycles. The highest BCUT2D eigenvalue weighted by molar-refractivity contribution is 5.43. The van der Waals surface area contributed by atoms with E-state index >= 15 is 0 Å². The molecule has 1 rings (SSSR count). The van der Waals surface area contributed by atoms with Crippen molar-refractivity contribution in [3.05, 3.63) is 23.8 Å². The molecule has 0 amide bonds. The fourth-order valence-electron chi connectivity index (χ4n) is 1.37. The van der Waals surface area contributed by atoms with Crippen LogP contribution in [0, 0.1) is 0 Å². The maximum atomic E-state index is 5.66. The van der Waals surface area contributed by atoms with Gasteiger partial charge in [0.05, 0.1) is 13.2 Å². The molecule has 0 saturated carbocycles. The lowest BCUT2D eigenvalue weighted by Gasteiger charge is -2.12. The van der Waals surface area contributed by atoms with Gasteiger partial charge in [0.2, 0.25) is 0 Å². The van der Waals surface area contributed by atoms with Crippen LogP contribution in [0.1, 0.15) is 32.8 Å². The minimum Gasteiger partial charge on any atom is -0.490 e. The molecular formula is C13H20O2. The van der Waals surface area contributed by atoms with Crippen LogP contribution in [-0.4, -0.2) is 13.2 Å². The highest BCUT2D eigenvalue weighted by Gasteiger charge is 2.05. The van der Waals surface area contributed by atoms with E-state index in [0.29, 0.717) is 6.61 Å². The number of rotatable bonds is 6. The molecule has 0 aliphatic rings. The van der Waals surface area contributed by atoms with Gasteiger partial charge >= 0.3 is 0 Å². The molecule has 0 aliphatic heterocycles. The number of benzene rings is 1. The third-order valence-electron chi connectivity index (χ3n) is 2.18. The van der Waals surface area contributed by atoms with Crippen molar-refractivity contribution in [3.63, 3.8) is 0 Å². The van der Waals surface area contributed by atoms with Gasteiger partial charge in [0.15, 0.2) is 11.5 Å². The molecule has 2 heteroatoms. The quantitative estimate of drug-likeness (QED) is 0.713. The molecule has 0 spiro atoms. The van der Waals surface area contributed by atoms with Gasteiger partial charge in [0.1, 0.15) is 0 Å².